The Kier molecular flexibility index (Phi) is 9.19. The zero-order chi connectivity index (χ0) is 19.3. The summed E-state index contributed by atoms with van der Waals surface area (Å²) in [6, 6.07) is 17.5. The number of methoxy groups -OCH3 is 1. The summed E-state index contributed by atoms with van der Waals surface area (Å²) in [5.74, 6) is 0.713. The largest absolute Gasteiger partial charge is 0.497 e. The summed E-state index contributed by atoms with van der Waals surface area (Å²) in [5.41, 5.74) is 1.88. The summed E-state index contributed by atoms with van der Waals surface area (Å²) >= 11 is 0. The lowest BCUT2D eigenvalue weighted by Gasteiger charge is -2.18. The fourth-order valence-electron chi connectivity index (χ4n) is 3.20. The first kappa shape index (κ1) is 20.8. The molecule has 3 heteroatoms. The van der Waals surface area contributed by atoms with Crippen LogP contribution in [0.5, 0.6) is 5.75 Å². The third-order valence-corrected chi connectivity index (χ3v) is 4.78. The van der Waals surface area contributed by atoms with Crippen molar-refractivity contribution >= 4 is 11.6 Å². The van der Waals surface area contributed by atoms with Gasteiger partial charge < -0.3 is 10.1 Å². The van der Waals surface area contributed by atoms with Crippen molar-refractivity contribution in [2.75, 3.05) is 12.4 Å². The van der Waals surface area contributed by atoms with Gasteiger partial charge in [-0.25, -0.2) is 0 Å². The van der Waals surface area contributed by atoms with Crippen LogP contribution in [0, 0.1) is 0 Å². The number of carbonyl (C=O) groups is 1. The summed E-state index contributed by atoms with van der Waals surface area (Å²) in [7, 11) is 1.65. The van der Waals surface area contributed by atoms with E-state index in [0.29, 0.717) is 0 Å². The molecule has 1 unspecified atom stereocenters. The van der Waals surface area contributed by atoms with E-state index < -0.39 is 0 Å². The predicted octanol–water partition coefficient (Wildman–Crippen LogP) is 6.33. The molecule has 0 aliphatic carbocycles. The molecule has 0 aliphatic heterocycles. The lowest BCUT2D eigenvalue weighted by molar-refractivity contribution is -0.117. The molecule has 2 rings (SSSR count). The number of benzene rings is 2. The number of para-hydroxylation sites is 1. The lowest BCUT2D eigenvalue weighted by atomic mass is 9.91. The Morgan fingerprint density at radius 1 is 1.00 bits per heavy atom. The van der Waals surface area contributed by atoms with E-state index in [1.807, 2.05) is 60.7 Å². The normalized spacial score (nSPS) is 11.6. The van der Waals surface area contributed by atoms with Crippen molar-refractivity contribution in [3.63, 3.8) is 0 Å². The maximum atomic E-state index is 12.9. The van der Waals surface area contributed by atoms with Gasteiger partial charge in [0.2, 0.25) is 5.91 Å². The van der Waals surface area contributed by atoms with Crippen LogP contribution in [0.25, 0.3) is 0 Å². The van der Waals surface area contributed by atoms with E-state index in [9.17, 15) is 4.79 Å². The Morgan fingerprint density at radius 3 is 2.33 bits per heavy atom. The number of anilines is 1. The van der Waals surface area contributed by atoms with Gasteiger partial charge in [-0.2, -0.15) is 0 Å². The molecule has 0 saturated carbocycles. The maximum absolute atomic E-state index is 12.9. The van der Waals surface area contributed by atoms with Crippen molar-refractivity contribution in [2.45, 2.75) is 50.9 Å². The molecule has 0 aliphatic rings. The van der Waals surface area contributed by atoms with E-state index in [1.54, 1.807) is 7.11 Å². The van der Waals surface area contributed by atoms with Crippen LogP contribution in [0.15, 0.2) is 67.3 Å². The highest BCUT2D eigenvalue weighted by Gasteiger charge is 2.20. The average molecular weight is 366 g/mol. The number of hydrogen-bond donors (Lipinski definition) is 1. The number of carbonyl (C=O) groups excluding carboxylic acids is 1. The number of allylic oxidation sites excluding steroid dienone is 1. The maximum Gasteiger partial charge on any atom is 0.231 e. The van der Waals surface area contributed by atoms with Gasteiger partial charge in [0.1, 0.15) is 5.75 Å². The molecule has 144 valence electrons. The number of amides is 1. The molecule has 3 nitrogen and oxygen atoms in total. The molecule has 0 aromatic heterocycles. The molecule has 0 spiro atoms. The third kappa shape index (κ3) is 7.30. The Hall–Kier alpha value is -2.55. The monoisotopic (exact) mass is 365 g/mol. The molecule has 0 heterocycles. The highest BCUT2D eigenvalue weighted by atomic mass is 16.5. The molecule has 1 N–H and O–H groups in total. The van der Waals surface area contributed by atoms with Crippen LogP contribution in [0.1, 0.15) is 56.4 Å². The van der Waals surface area contributed by atoms with Crippen molar-refractivity contribution in [1.82, 2.24) is 0 Å². The Balaban J connectivity index is 1.96. The number of hydrogen-bond acceptors (Lipinski definition) is 2. The van der Waals surface area contributed by atoms with Gasteiger partial charge >= 0.3 is 0 Å². The quantitative estimate of drug-likeness (QED) is 0.352. The number of ether oxygens (including phenoxy) is 1. The first-order valence-electron chi connectivity index (χ1n) is 9.85. The van der Waals surface area contributed by atoms with Crippen LogP contribution in [-0.4, -0.2) is 13.0 Å². The average Bonchev–Trinajstić information content (AvgIpc) is 2.71. The Bertz CT molecular complexity index is 679. The van der Waals surface area contributed by atoms with E-state index in [2.05, 4.69) is 11.9 Å². The molecule has 2 aromatic rings. The fourth-order valence-corrected chi connectivity index (χ4v) is 3.20. The van der Waals surface area contributed by atoms with E-state index in [-0.39, 0.29) is 11.8 Å². The molecular weight excluding hydrogens is 334 g/mol. The SMILES string of the molecule is C=CCCCCCCCC(C(=O)Nc1ccccc1)c1ccc(OC)cc1. The summed E-state index contributed by atoms with van der Waals surface area (Å²) in [4.78, 5) is 12.9. The number of rotatable bonds is 12. The van der Waals surface area contributed by atoms with Gasteiger partial charge in [-0.05, 0) is 49.1 Å². The van der Waals surface area contributed by atoms with Gasteiger partial charge in [0.05, 0.1) is 13.0 Å². The molecule has 0 radical (unpaired) electrons. The molecule has 27 heavy (non-hydrogen) atoms. The van der Waals surface area contributed by atoms with Gasteiger partial charge in [-0.3, -0.25) is 4.79 Å². The molecule has 0 fully saturated rings. The second-order valence-electron chi connectivity index (χ2n) is 6.81. The smallest absolute Gasteiger partial charge is 0.231 e. The molecular formula is C24H31NO2. The van der Waals surface area contributed by atoms with E-state index in [1.165, 1.54) is 19.3 Å². The van der Waals surface area contributed by atoms with Crippen LogP contribution in [0.4, 0.5) is 5.69 Å². The summed E-state index contributed by atoms with van der Waals surface area (Å²) in [5, 5.41) is 3.06. The highest BCUT2D eigenvalue weighted by Crippen LogP contribution is 2.26. The molecule has 0 saturated heterocycles. The standard InChI is InChI=1S/C24H31NO2/c1-3-4-5-6-7-8-12-15-23(20-16-18-22(27-2)19-17-20)24(26)25-21-13-10-9-11-14-21/h3,9-11,13-14,16-19,23H,1,4-8,12,15H2,2H3,(H,25,26). The van der Waals surface area contributed by atoms with Gasteiger partial charge in [0, 0.05) is 5.69 Å². The zero-order valence-electron chi connectivity index (χ0n) is 16.3. The van der Waals surface area contributed by atoms with Gasteiger partial charge in [-0.1, -0.05) is 62.1 Å². The predicted molar refractivity (Wildman–Crippen MR) is 113 cm³/mol. The van der Waals surface area contributed by atoms with Gasteiger partial charge in [0.25, 0.3) is 0 Å². The number of nitrogens with one attached hydrogen (secondary N) is 1. The second-order valence-corrected chi connectivity index (χ2v) is 6.81. The highest BCUT2D eigenvalue weighted by molar-refractivity contribution is 5.95. The van der Waals surface area contributed by atoms with E-state index in [4.69, 9.17) is 4.74 Å². The lowest BCUT2D eigenvalue weighted by Crippen LogP contribution is -2.21. The van der Waals surface area contributed by atoms with Crippen molar-refractivity contribution < 1.29 is 9.53 Å². The Morgan fingerprint density at radius 2 is 1.67 bits per heavy atom. The van der Waals surface area contributed by atoms with Crippen LogP contribution in [-0.2, 0) is 4.79 Å². The van der Waals surface area contributed by atoms with Gasteiger partial charge in [-0.15, -0.1) is 6.58 Å². The zero-order valence-corrected chi connectivity index (χ0v) is 16.3. The van der Waals surface area contributed by atoms with E-state index in [0.717, 1.165) is 42.7 Å². The minimum absolute atomic E-state index is 0.0537. The molecule has 1 atom stereocenters. The van der Waals surface area contributed by atoms with Crippen molar-refractivity contribution in [3.8, 4) is 5.75 Å². The molecule has 1 amide bonds. The summed E-state index contributed by atoms with van der Waals surface area (Å²) in [6.45, 7) is 3.76. The fraction of sp³-hybridized carbons (Fsp3) is 0.375. The summed E-state index contributed by atoms with van der Waals surface area (Å²) in [6.07, 6.45) is 9.78. The molecule has 0 bridgehead atoms. The van der Waals surface area contributed by atoms with Crippen LogP contribution < -0.4 is 10.1 Å². The Labute approximate surface area is 163 Å². The van der Waals surface area contributed by atoms with Crippen LogP contribution >= 0.6 is 0 Å². The first-order chi connectivity index (χ1) is 13.2. The van der Waals surface area contributed by atoms with Crippen molar-refractivity contribution in [2.24, 2.45) is 0 Å². The molecule has 2 aromatic carbocycles. The number of unbranched alkanes of at least 4 members (excludes halogenated alkanes) is 5. The summed E-state index contributed by atoms with van der Waals surface area (Å²) < 4.78 is 5.24. The minimum atomic E-state index is -0.149. The van der Waals surface area contributed by atoms with Gasteiger partial charge in [0.15, 0.2) is 0 Å². The topological polar surface area (TPSA) is 38.3 Å². The minimum Gasteiger partial charge on any atom is -0.497 e. The van der Waals surface area contributed by atoms with Crippen LogP contribution in [0.2, 0.25) is 0 Å². The third-order valence-electron chi connectivity index (χ3n) is 4.78. The van der Waals surface area contributed by atoms with Crippen molar-refractivity contribution in [3.05, 3.63) is 72.8 Å². The second kappa shape index (κ2) is 11.9. The van der Waals surface area contributed by atoms with E-state index >= 15 is 0 Å². The first-order valence-corrected chi connectivity index (χ1v) is 9.85. The van der Waals surface area contributed by atoms with Crippen molar-refractivity contribution in [1.29, 1.82) is 0 Å². The van der Waals surface area contributed by atoms with Crippen LogP contribution in [0.3, 0.4) is 0 Å².